The number of phenolic OH excluding ortho intramolecular Hbond substituents is 1. The average Bonchev–Trinajstić information content (AvgIpc) is 3.55. The van der Waals surface area contributed by atoms with Crippen LogP contribution >= 0.6 is 12.2 Å². The Labute approximate surface area is 199 Å². The zero-order valence-corrected chi connectivity index (χ0v) is 20.7. The molecule has 0 radical (unpaired) electrons. The highest BCUT2D eigenvalue weighted by Gasteiger charge is 2.31. The maximum absolute atomic E-state index is 11.1. The van der Waals surface area contributed by atoms with Crippen LogP contribution in [0.15, 0.2) is 35.9 Å². The van der Waals surface area contributed by atoms with Crippen LogP contribution in [0.2, 0.25) is 0 Å². The van der Waals surface area contributed by atoms with Gasteiger partial charge in [-0.25, -0.2) is 0 Å². The number of phenols is 1. The first-order valence-corrected chi connectivity index (χ1v) is 12.6. The zero-order valence-electron chi connectivity index (χ0n) is 19.9. The van der Waals surface area contributed by atoms with E-state index in [0.717, 1.165) is 68.4 Å². The van der Waals surface area contributed by atoms with Crippen LogP contribution in [0.25, 0.3) is 0 Å². The van der Waals surface area contributed by atoms with Crippen LogP contribution in [0.5, 0.6) is 11.5 Å². The molecule has 0 spiro atoms. The summed E-state index contributed by atoms with van der Waals surface area (Å²) >= 11 is 5.51. The molecule has 1 unspecified atom stereocenters. The van der Waals surface area contributed by atoms with Crippen molar-refractivity contribution in [1.29, 1.82) is 0 Å². The van der Waals surface area contributed by atoms with Crippen LogP contribution < -0.4 is 10.1 Å². The number of epoxide rings is 1. The van der Waals surface area contributed by atoms with E-state index in [4.69, 9.17) is 21.7 Å². The number of allylic oxidation sites excluding steroid dienone is 3. The summed E-state index contributed by atoms with van der Waals surface area (Å²) in [6.07, 6.45) is 11.2. The van der Waals surface area contributed by atoms with Crippen LogP contribution in [0.4, 0.5) is 0 Å². The van der Waals surface area contributed by atoms with Gasteiger partial charge in [0.15, 0.2) is 0 Å². The van der Waals surface area contributed by atoms with Crippen molar-refractivity contribution in [2.24, 2.45) is 5.92 Å². The first kappa shape index (κ1) is 24.8. The molecule has 5 heteroatoms. The second kappa shape index (κ2) is 11.9. The molecule has 0 amide bonds. The number of hydrogen-bond donors (Lipinski definition) is 2. The van der Waals surface area contributed by atoms with Gasteiger partial charge in [-0.3, -0.25) is 0 Å². The second-order valence-electron chi connectivity index (χ2n) is 9.43. The van der Waals surface area contributed by atoms with Crippen LogP contribution in [0, 0.1) is 5.92 Å². The summed E-state index contributed by atoms with van der Waals surface area (Å²) in [7, 11) is 0. The van der Waals surface area contributed by atoms with Crippen molar-refractivity contribution in [3.63, 3.8) is 0 Å². The molecule has 1 saturated heterocycles. The summed E-state index contributed by atoms with van der Waals surface area (Å²) in [4.78, 5) is 0. The molecule has 1 fully saturated rings. The topological polar surface area (TPSA) is 54.0 Å². The van der Waals surface area contributed by atoms with Gasteiger partial charge in [0.1, 0.15) is 11.5 Å². The summed E-state index contributed by atoms with van der Waals surface area (Å²) in [5.41, 5.74) is 4.39. The van der Waals surface area contributed by atoms with Crippen LogP contribution in [-0.4, -0.2) is 29.5 Å². The number of aromatic hydroxyl groups is 1. The Morgan fingerprint density at radius 1 is 1.31 bits per heavy atom. The molecule has 2 aliphatic rings. The summed E-state index contributed by atoms with van der Waals surface area (Å²) in [6, 6.07) is 3.99. The highest BCUT2D eigenvalue weighted by molar-refractivity contribution is 7.80. The van der Waals surface area contributed by atoms with Gasteiger partial charge in [-0.15, -0.1) is 0 Å². The summed E-state index contributed by atoms with van der Waals surface area (Å²) in [5, 5.41) is 14.7. The van der Waals surface area contributed by atoms with Gasteiger partial charge in [0, 0.05) is 18.0 Å². The lowest BCUT2D eigenvalue weighted by Gasteiger charge is -2.32. The van der Waals surface area contributed by atoms with Crippen LogP contribution in [0.3, 0.4) is 0 Å². The van der Waals surface area contributed by atoms with Gasteiger partial charge >= 0.3 is 0 Å². The molecule has 1 aromatic carbocycles. The zero-order chi connectivity index (χ0) is 23.1. The molecule has 3 atom stereocenters. The number of unbranched alkanes of at least 4 members (excludes halogenated alkanes) is 2. The van der Waals surface area contributed by atoms with Crippen molar-refractivity contribution in [2.45, 2.75) is 84.2 Å². The minimum absolute atomic E-state index is 0.0377. The third-order valence-electron chi connectivity index (χ3n) is 6.54. The van der Waals surface area contributed by atoms with Crippen molar-refractivity contribution in [2.75, 3.05) is 13.2 Å². The van der Waals surface area contributed by atoms with Crippen molar-refractivity contribution in [1.82, 2.24) is 5.32 Å². The number of benzene rings is 1. The van der Waals surface area contributed by atoms with E-state index in [9.17, 15) is 5.11 Å². The highest BCUT2D eigenvalue weighted by atomic mass is 32.1. The lowest BCUT2D eigenvalue weighted by Crippen LogP contribution is -2.28. The van der Waals surface area contributed by atoms with Crippen molar-refractivity contribution in [3.8, 4) is 11.5 Å². The maximum Gasteiger partial charge on any atom is 0.262 e. The Bertz CT molecular complexity index is 844. The molecule has 176 valence electrons. The fourth-order valence-electron chi connectivity index (χ4n) is 4.61. The fraction of sp³-hybridized carbons (Fsp3) is 0.593. The molecule has 1 heterocycles. The lowest BCUT2D eigenvalue weighted by atomic mass is 9.73. The Hall–Kier alpha value is -1.85. The van der Waals surface area contributed by atoms with E-state index in [1.807, 2.05) is 6.07 Å². The molecular weight excluding hydrogens is 418 g/mol. The van der Waals surface area contributed by atoms with E-state index in [-0.39, 0.29) is 11.8 Å². The van der Waals surface area contributed by atoms with Gasteiger partial charge in [0.2, 0.25) is 0 Å². The Morgan fingerprint density at radius 3 is 2.78 bits per heavy atom. The largest absolute Gasteiger partial charge is 0.507 e. The van der Waals surface area contributed by atoms with E-state index in [1.54, 1.807) is 0 Å². The maximum atomic E-state index is 11.1. The second-order valence-corrected chi connectivity index (χ2v) is 9.80. The first-order chi connectivity index (χ1) is 15.4. The molecule has 0 bridgehead atoms. The number of ether oxygens (including phenoxy) is 2. The first-order valence-electron chi connectivity index (χ1n) is 12.1. The number of thiocarbonyl (C=S) groups is 1. The summed E-state index contributed by atoms with van der Waals surface area (Å²) in [5.74, 6) is 1.28. The Balaban J connectivity index is 1.83. The van der Waals surface area contributed by atoms with Gasteiger partial charge in [-0.1, -0.05) is 43.6 Å². The van der Waals surface area contributed by atoms with Crippen molar-refractivity contribution in [3.05, 3.63) is 47.1 Å². The molecule has 4 nitrogen and oxygen atoms in total. The molecule has 3 rings (SSSR count). The Kier molecular flexibility index (Phi) is 9.18. The summed E-state index contributed by atoms with van der Waals surface area (Å²) < 4.78 is 11.4. The van der Waals surface area contributed by atoms with Crippen molar-refractivity contribution >= 4 is 17.4 Å². The third-order valence-corrected chi connectivity index (χ3v) is 6.77. The molecule has 2 N–H and O–H groups in total. The monoisotopic (exact) mass is 457 g/mol. The summed E-state index contributed by atoms with van der Waals surface area (Å²) in [6.45, 7) is 12.3. The van der Waals surface area contributed by atoms with Gasteiger partial charge < -0.3 is 19.9 Å². The molecular formula is C27H39NO3S. The predicted octanol–water partition coefficient (Wildman–Crippen LogP) is 6.57. The van der Waals surface area contributed by atoms with E-state index in [1.165, 1.54) is 18.4 Å². The molecule has 1 aliphatic carbocycles. The number of hydrogen-bond acceptors (Lipinski definition) is 4. The van der Waals surface area contributed by atoms with Crippen LogP contribution in [-0.2, 0) is 11.2 Å². The highest BCUT2D eigenvalue weighted by Crippen LogP contribution is 2.47. The van der Waals surface area contributed by atoms with E-state index < -0.39 is 0 Å². The van der Waals surface area contributed by atoms with Gasteiger partial charge in [0.25, 0.3) is 5.17 Å². The predicted molar refractivity (Wildman–Crippen MR) is 136 cm³/mol. The third kappa shape index (κ3) is 7.08. The molecule has 1 aliphatic heterocycles. The number of rotatable bonds is 11. The average molecular weight is 458 g/mol. The minimum Gasteiger partial charge on any atom is -0.507 e. The fourth-order valence-corrected chi connectivity index (χ4v) is 4.80. The van der Waals surface area contributed by atoms with E-state index >= 15 is 0 Å². The van der Waals surface area contributed by atoms with Gasteiger partial charge in [-0.2, -0.15) is 0 Å². The molecule has 1 aromatic rings. The Morgan fingerprint density at radius 2 is 2.09 bits per heavy atom. The van der Waals surface area contributed by atoms with E-state index in [0.29, 0.717) is 22.8 Å². The minimum atomic E-state index is 0.0377. The van der Waals surface area contributed by atoms with Gasteiger partial charge in [-0.05, 0) is 88.2 Å². The molecule has 0 aromatic heterocycles. The SMILES string of the molecule is C=C(C)[C@@H]1CCC(C)=C[C@H]1c1c(O)cc(CCCCC)cc1OC(=S)NCCCC1CO1. The molecule has 32 heavy (non-hydrogen) atoms. The number of aryl methyl sites for hydroxylation is 1. The van der Waals surface area contributed by atoms with Crippen LogP contribution in [0.1, 0.15) is 82.8 Å². The normalized spacial score (nSPS) is 22.2. The number of nitrogens with one attached hydrogen (secondary N) is 1. The molecule has 0 saturated carbocycles. The smallest absolute Gasteiger partial charge is 0.262 e. The van der Waals surface area contributed by atoms with Crippen molar-refractivity contribution < 1.29 is 14.6 Å². The standard InChI is InChI=1S/C27H39NO3S/c1-5-6-7-9-20-15-24(29)26(23-14-19(4)11-12-22(23)18(2)3)25(16-20)31-27(32)28-13-8-10-21-17-30-21/h14-16,21-23,29H,2,5-13,17H2,1,3-4H3,(H,28,32)/t21?,22-,23+/m0/s1. The quantitative estimate of drug-likeness (QED) is 0.170. The van der Waals surface area contributed by atoms with Gasteiger partial charge in [0.05, 0.1) is 12.7 Å². The lowest BCUT2D eigenvalue weighted by molar-refractivity contribution is 0.390. The van der Waals surface area contributed by atoms with E-state index in [2.05, 4.69) is 44.8 Å².